The van der Waals surface area contributed by atoms with Crippen LogP contribution in [0.3, 0.4) is 0 Å². The van der Waals surface area contributed by atoms with Crippen LogP contribution < -0.4 is 0 Å². The number of nitrogens with zero attached hydrogens (tertiary/aromatic N) is 1. The highest BCUT2D eigenvalue weighted by molar-refractivity contribution is 5.90. The molecule has 1 aliphatic carbocycles. The predicted molar refractivity (Wildman–Crippen MR) is 52.7 cm³/mol. The number of hydrogen-bond donors (Lipinski definition) is 0. The molecule has 0 aliphatic heterocycles. The molecule has 0 atom stereocenters. The van der Waals surface area contributed by atoms with E-state index in [0.29, 0.717) is 5.56 Å². The van der Waals surface area contributed by atoms with Gasteiger partial charge in [-0.05, 0) is 18.6 Å². The van der Waals surface area contributed by atoms with Crippen LogP contribution in [0.4, 0.5) is 4.39 Å². The van der Waals surface area contributed by atoms with Gasteiger partial charge in [-0.2, -0.15) is 5.26 Å². The van der Waals surface area contributed by atoms with Crippen LogP contribution in [0.1, 0.15) is 24.0 Å². The lowest BCUT2D eigenvalue weighted by Gasteiger charge is -2.35. The van der Waals surface area contributed by atoms with Gasteiger partial charge in [-0.15, -0.1) is 0 Å². The maximum absolute atomic E-state index is 13.6. The van der Waals surface area contributed by atoms with Crippen LogP contribution in [-0.2, 0) is 10.2 Å². The molecule has 0 saturated heterocycles. The normalized spacial score (nSPS) is 18.1. The number of nitriles is 1. The SMILES string of the molecule is Cc1cccc(F)c1C1(C#N)CC(=O)C1. The van der Waals surface area contributed by atoms with Gasteiger partial charge in [-0.25, -0.2) is 4.39 Å². The van der Waals surface area contributed by atoms with E-state index in [1.165, 1.54) is 6.07 Å². The summed E-state index contributed by atoms with van der Waals surface area (Å²) in [7, 11) is 0. The van der Waals surface area contributed by atoms with Crippen molar-refractivity contribution in [1.29, 1.82) is 5.26 Å². The van der Waals surface area contributed by atoms with Crippen molar-refractivity contribution in [2.75, 3.05) is 0 Å². The van der Waals surface area contributed by atoms with Crippen molar-refractivity contribution in [3.05, 3.63) is 35.1 Å². The van der Waals surface area contributed by atoms with Crippen LogP contribution in [0, 0.1) is 24.1 Å². The Morgan fingerprint density at radius 1 is 1.47 bits per heavy atom. The van der Waals surface area contributed by atoms with E-state index < -0.39 is 5.41 Å². The molecule has 0 spiro atoms. The lowest BCUT2D eigenvalue weighted by atomic mass is 9.63. The zero-order valence-corrected chi connectivity index (χ0v) is 8.38. The third kappa shape index (κ3) is 1.33. The number of benzene rings is 1. The molecule has 0 N–H and O–H groups in total. The van der Waals surface area contributed by atoms with Crippen molar-refractivity contribution in [2.45, 2.75) is 25.2 Å². The van der Waals surface area contributed by atoms with Gasteiger partial charge in [0.15, 0.2) is 0 Å². The Kier molecular flexibility index (Phi) is 2.08. The number of halogens is 1. The van der Waals surface area contributed by atoms with Crippen LogP contribution in [0.15, 0.2) is 18.2 Å². The molecule has 1 saturated carbocycles. The van der Waals surface area contributed by atoms with Crippen molar-refractivity contribution >= 4 is 5.78 Å². The highest BCUT2D eigenvalue weighted by atomic mass is 19.1. The van der Waals surface area contributed by atoms with Crippen LogP contribution in [0.5, 0.6) is 0 Å². The standard InChI is InChI=1S/C12H10FNO/c1-8-3-2-4-10(13)11(8)12(7-14)5-9(15)6-12/h2-4H,5-6H2,1H3. The van der Waals surface area contributed by atoms with Gasteiger partial charge in [0, 0.05) is 18.4 Å². The van der Waals surface area contributed by atoms with Crippen LogP contribution in [-0.4, -0.2) is 5.78 Å². The first-order chi connectivity index (χ1) is 7.09. The molecule has 0 amide bonds. The summed E-state index contributed by atoms with van der Waals surface area (Å²) in [4.78, 5) is 11.0. The van der Waals surface area contributed by atoms with Crippen molar-refractivity contribution in [3.8, 4) is 6.07 Å². The summed E-state index contributed by atoms with van der Waals surface area (Å²) < 4.78 is 13.6. The van der Waals surface area contributed by atoms with Gasteiger partial charge >= 0.3 is 0 Å². The first kappa shape index (κ1) is 9.85. The maximum Gasteiger partial charge on any atom is 0.136 e. The molecule has 1 aromatic rings. The molecular weight excluding hydrogens is 193 g/mol. The fourth-order valence-corrected chi connectivity index (χ4v) is 2.17. The number of carbonyl (C=O) groups is 1. The zero-order chi connectivity index (χ0) is 11.1. The summed E-state index contributed by atoms with van der Waals surface area (Å²) in [5.74, 6) is -0.358. The van der Waals surface area contributed by atoms with Gasteiger partial charge < -0.3 is 0 Å². The minimum Gasteiger partial charge on any atom is -0.300 e. The van der Waals surface area contributed by atoms with Crippen molar-refractivity contribution < 1.29 is 9.18 Å². The quantitative estimate of drug-likeness (QED) is 0.702. The molecule has 0 aromatic heterocycles. The average molecular weight is 203 g/mol. The van der Waals surface area contributed by atoms with E-state index in [1.54, 1.807) is 19.1 Å². The maximum atomic E-state index is 13.6. The number of Topliss-reactive ketones (excluding diaryl/α,β-unsaturated/α-hetero) is 1. The molecule has 0 radical (unpaired) electrons. The fraction of sp³-hybridized carbons (Fsp3) is 0.333. The minimum atomic E-state index is -0.910. The second-order valence-corrected chi connectivity index (χ2v) is 4.02. The average Bonchev–Trinajstić information content (AvgIpc) is 2.14. The van der Waals surface area contributed by atoms with Gasteiger partial charge in [0.05, 0.1) is 11.5 Å². The molecule has 1 aromatic carbocycles. The van der Waals surface area contributed by atoms with Crippen molar-refractivity contribution in [2.24, 2.45) is 0 Å². The zero-order valence-electron chi connectivity index (χ0n) is 8.38. The molecule has 0 heterocycles. The highest BCUT2D eigenvalue weighted by Crippen LogP contribution is 2.43. The second kappa shape index (κ2) is 3.16. The smallest absolute Gasteiger partial charge is 0.136 e. The van der Waals surface area contributed by atoms with E-state index in [2.05, 4.69) is 6.07 Å². The minimum absolute atomic E-state index is 0.0270. The molecule has 76 valence electrons. The fourth-order valence-electron chi connectivity index (χ4n) is 2.17. The third-order valence-corrected chi connectivity index (χ3v) is 2.91. The first-order valence-electron chi connectivity index (χ1n) is 4.77. The third-order valence-electron chi connectivity index (χ3n) is 2.91. The number of rotatable bonds is 1. The van der Waals surface area contributed by atoms with Crippen LogP contribution in [0.2, 0.25) is 0 Å². The van der Waals surface area contributed by atoms with Crippen molar-refractivity contribution in [1.82, 2.24) is 0 Å². The molecule has 1 fully saturated rings. The van der Waals surface area contributed by atoms with Gasteiger partial charge in [0.2, 0.25) is 0 Å². The Morgan fingerprint density at radius 3 is 2.60 bits per heavy atom. The number of aryl methyl sites for hydroxylation is 1. The molecule has 2 nitrogen and oxygen atoms in total. The number of ketones is 1. The highest BCUT2D eigenvalue weighted by Gasteiger charge is 2.47. The Bertz CT molecular complexity index is 445. The molecule has 0 unspecified atom stereocenters. The van der Waals surface area contributed by atoms with Crippen LogP contribution >= 0.6 is 0 Å². The molecular formula is C12H10FNO. The summed E-state index contributed by atoms with van der Waals surface area (Å²) in [6.07, 6.45) is 0.288. The van der Waals surface area contributed by atoms with Crippen LogP contribution in [0.25, 0.3) is 0 Å². The van der Waals surface area contributed by atoms with E-state index in [1.807, 2.05) is 0 Å². The predicted octanol–water partition coefficient (Wildman–Crippen LogP) is 2.26. The lowest BCUT2D eigenvalue weighted by molar-refractivity contribution is -0.126. The Balaban J connectivity index is 2.54. The van der Waals surface area contributed by atoms with Gasteiger partial charge in [-0.3, -0.25) is 4.79 Å². The lowest BCUT2D eigenvalue weighted by Crippen LogP contribution is -2.41. The molecule has 3 heteroatoms. The van der Waals surface area contributed by atoms with Gasteiger partial charge in [-0.1, -0.05) is 12.1 Å². The second-order valence-electron chi connectivity index (χ2n) is 4.02. The largest absolute Gasteiger partial charge is 0.300 e. The summed E-state index contributed by atoms with van der Waals surface area (Å²) in [6, 6.07) is 6.80. The summed E-state index contributed by atoms with van der Waals surface area (Å²) in [5, 5.41) is 9.09. The number of hydrogen-bond acceptors (Lipinski definition) is 2. The van der Waals surface area contributed by atoms with E-state index in [0.717, 1.165) is 5.56 Å². The van der Waals surface area contributed by atoms with E-state index >= 15 is 0 Å². The first-order valence-corrected chi connectivity index (χ1v) is 4.77. The molecule has 1 aliphatic rings. The van der Waals surface area contributed by atoms with E-state index in [9.17, 15) is 9.18 Å². The topological polar surface area (TPSA) is 40.9 Å². The van der Waals surface area contributed by atoms with Gasteiger partial charge in [0.1, 0.15) is 11.6 Å². The summed E-state index contributed by atoms with van der Waals surface area (Å²) >= 11 is 0. The molecule has 15 heavy (non-hydrogen) atoms. The summed E-state index contributed by atoms with van der Waals surface area (Å²) in [5.41, 5.74) is 0.225. The molecule has 0 bridgehead atoms. The monoisotopic (exact) mass is 203 g/mol. The molecule has 2 rings (SSSR count). The summed E-state index contributed by atoms with van der Waals surface area (Å²) in [6.45, 7) is 1.76. The number of carbonyl (C=O) groups excluding carboxylic acids is 1. The van der Waals surface area contributed by atoms with E-state index in [4.69, 9.17) is 5.26 Å². The Hall–Kier alpha value is -1.69. The Labute approximate surface area is 87.3 Å². The van der Waals surface area contributed by atoms with Gasteiger partial charge in [0.25, 0.3) is 0 Å². The van der Waals surface area contributed by atoms with E-state index in [-0.39, 0.29) is 24.4 Å². The van der Waals surface area contributed by atoms with Crippen molar-refractivity contribution in [3.63, 3.8) is 0 Å². The Morgan fingerprint density at radius 2 is 2.13 bits per heavy atom.